The van der Waals surface area contributed by atoms with Crippen LogP contribution < -0.4 is 5.32 Å². The van der Waals surface area contributed by atoms with E-state index in [2.05, 4.69) is 48.6 Å². The highest BCUT2D eigenvalue weighted by Gasteiger charge is 2.42. The third-order valence-electron chi connectivity index (χ3n) is 6.21. The molecule has 3 amide bonds. The smallest absolute Gasteiger partial charge is 0.254 e. The molecule has 2 atom stereocenters. The molecule has 0 spiro atoms. The molecule has 7 nitrogen and oxygen atoms in total. The number of hydrogen-bond donors (Lipinski definition) is 1. The molecule has 2 unspecified atom stereocenters. The lowest BCUT2D eigenvalue weighted by molar-refractivity contribution is -0.142. The minimum atomic E-state index is -0.599. The van der Waals surface area contributed by atoms with Crippen LogP contribution in [0.2, 0.25) is 0 Å². The van der Waals surface area contributed by atoms with E-state index in [1.54, 1.807) is 4.90 Å². The van der Waals surface area contributed by atoms with Crippen LogP contribution in [0.25, 0.3) is 0 Å². The molecule has 1 fully saturated rings. The summed E-state index contributed by atoms with van der Waals surface area (Å²) in [5.41, 5.74) is 3.96. The topological polar surface area (TPSA) is 79.0 Å². The Bertz CT molecular complexity index is 970. The number of piperidine rings is 1. The molecule has 0 aromatic heterocycles. The summed E-state index contributed by atoms with van der Waals surface area (Å²) in [4.78, 5) is 40.5. The number of benzene rings is 1. The van der Waals surface area contributed by atoms with Crippen LogP contribution in [-0.2, 0) is 31.5 Å². The SMILES string of the molecule is CN(C)CCSCc1ccc(COC2CC=CC3=C2CN(C2CCC(=O)NC2=O)C3=O)cc1. The van der Waals surface area contributed by atoms with Crippen LogP contribution in [0.5, 0.6) is 0 Å². The van der Waals surface area contributed by atoms with Gasteiger partial charge in [-0.25, -0.2) is 0 Å². The summed E-state index contributed by atoms with van der Waals surface area (Å²) in [5.74, 6) is 1.29. The highest BCUT2D eigenvalue weighted by Crippen LogP contribution is 2.33. The van der Waals surface area contributed by atoms with Crippen molar-refractivity contribution in [1.29, 1.82) is 0 Å². The molecule has 1 N–H and O–H groups in total. The van der Waals surface area contributed by atoms with Crippen molar-refractivity contribution in [1.82, 2.24) is 15.1 Å². The van der Waals surface area contributed by atoms with Gasteiger partial charge in [0.25, 0.3) is 5.91 Å². The number of ether oxygens (including phenoxy) is 1. The van der Waals surface area contributed by atoms with Crippen LogP contribution in [0.3, 0.4) is 0 Å². The lowest BCUT2D eigenvalue weighted by atomic mass is 9.97. The molecule has 1 aromatic carbocycles. The second-order valence-corrected chi connectivity index (χ2v) is 10.1. The van der Waals surface area contributed by atoms with E-state index in [0.29, 0.717) is 31.6 Å². The summed E-state index contributed by atoms with van der Waals surface area (Å²) in [5, 5.41) is 2.35. The lowest BCUT2D eigenvalue weighted by Gasteiger charge is -2.30. The molecular weight excluding hydrogens is 438 g/mol. The predicted octanol–water partition coefficient (Wildman–Crippen LogP) is 2.27. The zero-order valence-corrected chi connectivity index (χ0v) is 20.0. The van der Waals surface area contributed by atoms with Crippen LogP contribution in [0.4, 0.5) is 0 Å². The van der Waals surface area contributed by atoms with E-state index < -0.39 is 6.04 Å². The van der Waals surface area contributed by atoms with Gasteiger partial charge in [-0.1, -0.05) is 36.4 Å². The maximum atomic E-state index is 13.0. The number of nitrogens with zero attached hydrogens (tertiary/aromatic N) is 2. The van der Waals surface area contributed by atoms with Gasteiger partial charge in [-0.15, -0.1) is 0 Å². The van der Waals surface area contributed by atoms with Crippen LogP contribution in [0.15, 0.2) is 47.6 Å². The number of thioether (sulfide) groups is 1. The summed E-state index contributed by atoms with van der Waals surface area (Å²) in [6.45, 7) is 1.92. The first-order valence-corrected chi connectivity index (χ1v) is 12.5. The Balaban J connectivity index is 1.32. The quantitative estimate of drug-likeness (QED) is 0.442. The normalized spacial score (nSPS) is 22.9. The molecule has 2 aliphatic heterocycles. The highest BCUT2D eigenvalue weighted by molar-refractivity contribution is 7.98. The highest BCUT2D eigenvalue weighted by atomic mass is 32.2. The molecule has 33 heavy (non-hydrogen) atoms. The summed E-state index contributed by atoms with van der Waals surface area (Å²) in [7, 11) is 4.18. The molecule has 1 aromatic rings. The Kier molecular flexibility index (Phi) is 7.67. The molecular formula is C25H31N3O4S. The predicted molar refractivity (Wildman–Crippen MR) is 128 cm³/mol. The van der Waals surface area contributed by atoms with Gasteiger partial charge in [-0.3, -0.25) is 19.7 Å². The summed E-state index contributed by atoms with van der Waals surface area (Å²) in [6.07, 6.45) is 4.94. The lowest BCUT2D eigenvalue weighted by Crippen LogP contribution is -2.53. The van der Waals surface area contributed by atoms with Gasteiger partial charge in [0, 0.05) is 36.6 Å². The Morgan fingerprint density at radius 2 is 1.91 bits per heavy atom. The van der Waals surface area contributed by atoms with Gasteiger partial charge in [0.15, 0.2) is 0 Å². The van der Waals surface area contributed by atoms with Crippen molar-refractivity contribution in [2.24, 2.45) is 0 Å². The largest absolute Gasteiger partial charge is 0.369 e. The number of amides is 3. The van der Waals surface area contributed by atoms with Crippen molar-refractivity contribution in [2.75, 3.05) is 32.9 Å². The van der Waals surface area contributed by atoms with E-state index >= 15 is 0 Å². The number of rotatable bonds is 9. The molecule has 8 heteroatoms. The van der Waals surface area contributed by atoms with Crippen LogP contribution >= 0.6 is 11.8 Å². The Morgan fingerprint density at radius 3 is 2.64 bits per heavy atom. The maximum absolute atomic E-state index is 13.0. The number of nitrogens with one attached hydrogen (secondary N) is 1. The number of hydrogen-bond acceptors (Lipinski definition) is 6. The van der Waals surface area contributed by atoms with Crippen molar-refractivity contribution in [3.8, 4) is 0 Å². The van der Waals surface area contributed by atoms with E-state index in [1.165, 1.54) is 5.56 Å². The second kappa shape index (κ2) is 10.7. The molecule has 0 bridgehead atoms. The summed E-state index contributed by atoms with van der Waals surface area (Å²) >= 11 is 1.93. The van der Waals surface area contributed by atoms with Crippen molar-refractivity contribution >= 4 is 29.5 Å². The number of carbonyl (C=O) groups excluding carboxylic acids is 3. The van der Waals surface area contributed by atoms with Crippen molar-refractivity contribution in [3.05, 3.63) is 58.7 Å². The maximum Gasteiger partial charge on any atom is 0.254 e. The standard InChI is InChI=1S/C25H31N3O4S/c1-27(2)12-13-33-16-18-8-6-17(7-9-18)15-32-22-5-3-4-19-20(22)14-28(25(19)31)21-10-11-23(29)26-24(21)30/h3-4,6-9,21-22H,5,10-16H2,1-2H3,(H,26,29,30). The van der Waals surface area contributed by atoms with Gasteiger partial charge in [0.1, 0.15) is 6.04 Å². The molecule has 4 rings (SSSR count). The second-order valence-electron chi connectivity index (χ2n) is 8.95. The zero-order valence-electron chi connectivity index (χ0n) is 19.2. The van der Waals surface area contributed by atoms with Gasteiger partial charge in [0.05, 0.1) is 12.7 Å². The third kappa shape index (κ3) is 5.75. The van der Waals surface area contributed by atoms with Crippen molar-refractivity contribution in [3.63, 3.8) is 0 Å². The molecule has 2 heterocycles. The fourth-order valence-electron chi connectivity index (χ4n) is 4.30. The fourth-order valence-corrected chi connectivity index (χ4v) is 5.37. The van der Waals surface area contributed by atoms with E-state index in [4.69, 9.17) is 4.74 Å². The summed E-state index contributed by atoms with van der Waals surface area (Å²) < 4.78 is 6.22. The molecule has 3 aliphatic rings. The monoisotopic (exact) mass is 469 g/mol. The van der Waals surface area contributed by atoms with E-state index in [0.717, 1.165) is 29.2 Å². The average Bonchev–Trinajstić information content (AvgIpc) is 3.13. The number of imide groups is 1. The first-order chi connectivity index (χ1) is 15.9. The van der Waals surface area contributed by atoms with Crippen molar-refractivity contribution in [2.45, 2.75) is 43.8 Å². The Labute approximate surface area is 199 Å². The molecule has 176 valence electrons. The van der Waals surface area contributed by atoms with Crippen LogP contribution in [0, 0.1) is 0 Å². The Hall–Kier alpha value is -2.42. The van der Waals surface area contributed by atoms with Gasteiger partial charge < -0.3 is 14.5 Å². The zero-order chi connectivity index (χ0) is 23.4. The van der Waals surface area contributed by atoms with Gasteiger partial charge >= 0.3 is 0 Å². The van der Waals surface area contributed by atoms with E-state index in [-0.39, 0.29) is 30.2 Å². The first kappa shape index (κ1) is 23.7. The summed E-state index contributed by atoms with van der Waals surface area (Å²) in [6, 6.07) is 7.90. The van der Waals surface area contributed by atoms with Crippen LogP contribution in [0.1, 0.15) is 30.4 Å². The Morgan fingerprint density at radius 1 is 1.15 bits per heavy atom. The first-order valence-electron chi connectivity index (χ1n) is 11.4. The fraction of sp³-hybridized carbons (Fsp3) is 0.480. The minimum Gasteiger partial charge on any atom is -0.369 e. The van der Waals surface area contributed by atoms with Crippen LogP contribution in [-0.4, -0.2) is 72.6 Å². The number of carbonyl (C=O) groups is 3. The van der Waals surface area contributed by atoms with E-state index in [1.807, 2.05) is 23.9 Å². The van der Waals surface area contributed by atoms with Gasteiger partial charge in [0.2, 0.25) is 11.8 Å². The average molecular weight is 470 g/mol. The third-order valence-corrected chi connectivity index (χ3v) is 7.22. The minimum absolute atomic E-state index is 0.153. The van der Waals surface area contributed by atoms with Gasteiger partial charge in [-0.05, 0) is 43.6 Å². The van der Waals surface area contributed by atoms with Gasteiger partial charge in [-0.2, -0.15) is 11.8 Å². The van der Waals surface area contributed by atoms with Crippen molar-refractivity contribution < 1.29 is 19.1 Å². The molecule has 1 saturated heterocycles. The molecule has 1 aliphatic carbocycles. The molecule has 0 saturated carbocycles. The molecule has 0 radical (unpaired) electrons. The van der Waals surface area contributed by atoms with E-state index in [9.17, 15) is 14.4 Å².